The molecule has 5 nitrogen and oxygen atoms in total. The van der Waals surface area contributed by atoms with Gasteiger partial charge in [0, 0.05) is 39.2 Å². The van der Waals surface area contributed by atoms with Gasteiger partial charge in [-0.3, -0.25) is 14.5 Å². The number of hydrogen-bond donors (Lipinski definition) is 0. The number of halogens is 2. The standard InChI is InChI=1S/C29H38ClFN2O3Si/c1-29(14-11-27(34)33(28(29)35)20-36-17-18-37(2,3)4)23-7-10-26(25(31)19-23)32-15-12-22(13-16-32)21-5-8-24(30)9-6-21/h5-10,19,22H,11-18,20H2,1-4H3. The number of carbonyl (C=O) groups is 2. The highest BCUT2D eigenvalue weighted by Crippen LogP contribution is 2.38. The Morgan fingerprint density at radius 1 is 1.08 bits per heavy atom. The van der Waals surface area contributed by atoms with Crippen LogP contribution in [0.5, 0.6) is 0 Å². The number of benzene rings is 2. The minimum atomic E-state index is -1.27. The molecule has 0 aliphatic carbocycles. The van der Waals surface area contributed by atoms with E-state index < -0.39 is 13.5 Å². The van der Waals surface area contributed by atoms with Crippen molar-refractivity contribution in [3.05, 3.63) is 64.4 Å². The van der Waals surface area contributed by atoms with Crippen LogP contribution >= 0.6 is 11.6 Å². The van der Waals surface area contributed by atoms with Crippen LogP contribution in [-0.2, 0) is 19.7 Å². The summed E-state index contributed by atoms with van der Waals surface area (Å²) in [5.41, 5.74) is 1.48. The fourth-order valence-electron chi connectivity index (χ4n) is 5.24. The van der Waals surface area contributed by atoms with E-state index in [4.69, 9.17) is 16.3 Å². The van der Waals surface area contributed by atoms with Crippen LogP contribution in [0, 0.1) is 5.82 Å². The molecule has 2 aliphatic heterocycles. The average Bonchev–Trinajstić information content (AvgIpc) is 2.86. The topological polar surface area (TPSA) is 49.9 Å². The first kappa shape index (κ1) is 27.8. The number of likely N-dealkylation sites (tertiary alicyclic amines) is 1. The maximum atomic E-state index is 15.4. The van der Waals surface area contributed by atoms with Crippen molar-refractivity contribution in [3.8, 4) is 0 Å². The highest BCUT2D eigenvalue weighted by Gasteiger charge is 2.45. The number of anilines is 1. The van der Waals surface area contributed by atoms with Crippen LogP contribution < -0.4 is 4.90 Å². The molecule has 2 amide bonds. The Balaban J connectivity index is 1.42. The number of carbonyl (C=O) groups excluding carboxylic acids is 2. The van der Waals surface area contributed by atoms with E-state index in [1.165, 1.54) is 16.5 Å². The van der Waals surface area contributed by atoms with E-state index in [2.05, 4.69) is 36.7 Å². The van der Waals surface area contributed by atoms with Crippen LogP contribution in [-0.4, -0.2) is 51.2 Å². The molecular formula is C29H38ClFN2O3Si. The third kappa shape index (κ3) is 6.44. The summed E-state index contributed by atoms with van der Waals surface area (Å²) >= 11 is 6.02. The Morgan fingerprint density at radius 2 is 1.76 bits per heavy atom. The van der Waals surface area contributed by atoms with Gasteiger partial charge in [0.25, 0.3) is 0 Å². The van der Waals surface area contributed by atoms with E-state index >= 15 is 4.39 Å². The first-order valence-corrected chi connectivity index (χ1v) is 17.3. The van der Waals surface area contributed by atoms with E-state index in [0.717, 1.165) is 37.0 Å². The number of rotatable bonds is 8. The highest BCUT2D eigenvalue weighted by atomic mass is 35.5. The lowest BCUT2D eigenvalue weighted by molar-refractivity contribution is -0.159. The van der Waals surface area contributed by atoms with E-state index in [0.29, 0.717) is 30.2 Å². The minimum absolute atomic E-state index is 0.0408. The third-order valence-electron chi connectivity index (χ3n) is 7.84. The van der Waals surface area contributed by atoms with Gasteiger partial charge in [-0.25, -0.2) is 4.39 Å². The summed E-state index contributed by atoms with van der Waals surface area (Å²) < 4.78 is 21.1. The summed E-state index contributed by atoms with van der Waals surface area (Å²) in [6, 6.07) is 14.1. The van der Waals surface area contributed by atoms with Crippen LogP contribution in [0.2, 0.25) is 30.7 Å². The normalized spacial score (nSPS) is 21.6. The van der Waals surface area contributed by atoms with Gasteiger partial charge in [-0.15, -0.1) is 0 Å². The summed E-state index contributed by atoms with van der Waals surface area (Å²) in [6.45, 7) is 10.6. The molecule has 2 saturated heterocycles. The van der Waals surface area contributed by atoms with Gasteiger partial charge in [0.15, 0.2) is 0 Å². The van der Waals surface area contributed by atoms with Crippen molar-refractivity contribution in [1.29, 1.82) is 0 Å². The predicted molar refractivity (Wildman–Crippen MR) is 149 cm³/mol. The molecule has 8 heteroatoms. The van der Waals surface area contributed by atoms with Gasteiger partial charge in [0.1, 0.15) is 12.5 Å². The average molecular weight is 545 g/mol. The Morgan fingerprint density at radius 3 is 2.38 bits per heavy atom. The molecule has 2 aromatic rings. The zero-order valence-corrected chi connectivity index (χ0v) is 24.1. The number of piperidine rings is 2. The lowest BCUT2D eigenvalue weighted by atomic mass is 9.75. The quantitative estimate of drug-likeness (QED) is 0.214. The van der Waals surface area contributed by atoms with Crippen LogP contribution in [0.1, 0.15) is 49.7 Å². The highest BCUT2D eigenvalue weighted by molar-refractivity contribution is 6.76. The molecular weight excluding hydrogens is 507 g/mol. The number of nitrogens with zero attached hydrogens (tertiary/aromatic N) is 2. The first-order chi connectivity index (χ1) is 17.5. The molecule has 2 heterocycles. The molecule has 2 aromatic carbocycles. The van der Waals surface area contributed by atoms with Crippen molar-refractivity contribution in [2.24, 2.45) is 0 Å². The predicted octanol–water partition coefficient (Wildman–Crippen LogP) is 6.58. The van der Waals surface area contributed by atoms with Crippen LogP contribution in [0.4, 0.5) is 10.1 Å². The Hall–Kier alpha value is -2.22. The Bertz CT molecular complexity index is 1130. The second kappa shape index (κ2) is 11.3. The zero-order valence-electron chi connectivity index (χ0n) is 22.4. The zero-order chi connectivity index (χ0) is 26.8. The molecule has 2 fully saturated rings. The molecule has 1 unspecified atom stereocenters. The van der Waals surface area contributed by atoms with Crippen molar-refractivity contribution >= 4 is 37.2 Å². The minimum Gasteiger partial charge on any atom is -0.369 e. The molecule has 0 radical (unpaired) electrons. The lowest BCUT2D eigenvalue weighted by Gasteiger charge is -2.39. The lowest BCUT2D eigenvalue weighted by Crippen LogP contribution is -2.53. The molecule has 0 N–H and O–H groups in total. The maximum Gasteiger partial charge on any atom is 0.241 e. The van der Waals surface area contributed by atoms with Gasteiger partial charge in [-0.2, -0.15) is 0 Å². The van der Waals surface area contributed by atoms with Crippen LogP contribution in [0.15, 0.2) is 42.5 Å². The Kier molecular flexibility index (Phi) is 8.46. The largest absolute Gasteiger partial charge is 0.369 e. The molecule has 2 aliphatic rings. The van der Waals surface area contributed by atoms with E-state index in [1.807, 2.05) is 25.1 Å². The summed E-state index contributed by atoms with van der Waals surface area (Å²) in [5, 5.41) is 0.732. The fourth-order valence-corrected chi connectivity index (χ4v) is 6.12. The smallest absolute Gasteiger partial charge is 0.241 e. The van der Waals surface area contributed by atoms with Crippen molar-refractivity contribution in [2.45, 2.75) is 69.6 Å². The van der Waals surface area contributed by atoms with Gasteiger partial charge in [-0.1, -0.05) is 49.4 Å². The molecule has 37 heavy (non-hydrogen) atoms. The summed E-state index contributed by atoms with van der Waals surface area (Å²) in [7, 11) is -1.27. The molecule has 0 bridgehead atoms. The third-order valence-corrected chi connectivity index (χ3v) is 9.79. The molecule has 4 rings (SSSR count). The Labute approximate surface area is 225 Å². The van der Waals surface area contributed by atoms with Crippen LogP contribution in [0.3, 0.4) is 0 Å². The van der Waals surface area contributed by atoms with Crippen molar-refractivity contribution in [1.82, 2.24) is 4.90 Å². The molecule has 200 valence electrons. The van der Waals surface area contributed by atoms with Gasteiger partial charge in [-0.05, 0) is 73.5 Å². The molecule has 1 atom stereocenters. The van der Waals surface area contributed by atoms with Gasteiger partial charge in [0.05, 0.1) is 11.1 Å². The van der Waals surface area contributed by atoms with E-state index in [9.17, 15) is 9.59 Å². The molecule has 0 spiro atoms. The van der Waals surface area contributed by atoms with Gasteiger partial charge in [0.2, 0.25) is 11.8 Å². The first-order valence-electron chi connectivity index (χ1n) is 13.2. The SMILES string of the molecule is CC1(c2ccc(N3CCC(c4ccc(Cl)cc4)CC3)c(F)c2)CCC(=O)N(COCC[Si](C)(C)C)C1=O. The monoisotopic (exact) mass is 544 g/mol. The fraction of sp³-hybridized carbons (Fsp3) is 0.517. The maximum absolute atomic E-state index is 15.4. The van der Waals surface area contributed by atoms with Crippen molar-refractivity contribution in [2.75, 3.05) is 31.3 Å². The second-order valence-corrected chi connectivity index (χ2v) is 17.8. The molecule has 0 saturated carbocycles. The number of hydrogen-bond acceptors (Lipinski definition) is 4. The van der Waals surface area contributed by atoms with Crippen molar-refractivity contribution in [3.63, 3.8) is 0 Å². The van der Waals surface area contributed by atoms with Crippen molar-refractivity contribution < 1.29 is 18.7 Å². The summed E-state index contributed by atoms with van der Waals surface area (Å²) in [6.07, 6.45) is 2.48. The van der Waals surface area contributed by atoms with E-state index in [1.54, 1.807) is 6.07 Å². The summed E-state index contributed by atoms with van der Waals surface area (Å²) in [4.78, 5) is 29.3. The second-order valence-electron chi connectivity index (χ2n) is 11.8. The van der Waals surface area contributed by atoms with E-state index in [-0.39, 0.29) is 30.8 Å². The number of ether oxygens (including phenoxy) is 1. The molecule has 0 aromatic heterocycles. The van der Waals surface area contributed by atoms with Gasteiger partial charge < -0.3 is 9.64 Å². The van der Waals surface area contributed by atoms with Crippen LogP contribution in [0.25, 0.3) is 0 Å². The van der Waals surface area contributed by atoms with Gasteiger partial charge >= 0.3 is 0 Å². The summed E-state index contributed by atoms with van der Waals surface area (Å²) in [5.74, 6) is -0.429. The number of imide groups is 1. The number of amides is 2.